The Hall–Kier alpha value is -2.44. The molecule has 1 saturated heterocycles. The molecule has 0 aliphatic carbocycles. The number of nitrogens with one attached hydrogen (secondary N) is 2. The molecule has 0 spiro atoms. The van der Waals surface area contributed by atoms with Gasteiger partial charge in [-0.3, -0.25) is 9.69 Å². The molecule has 1 aliphatic heterocycles. The Bertz CT molecular complexity index is 697. The van der Waals surface area contributed by atoms with Crippen LogP contribution in [0.4, 0.5) is 11.5 Å². The molecule has 0 saturated carbocycles. The fourth-order valence-corrected chi connectivity index (χ4v) is 2.77. The van der Waals surface area contributed by atoms with E-state index < -0.39 is 0 Å². The van der Waals surface area contributed by atoms with Crippen LogP contribution in [0.3, 0.4) is 0 Å². The third-order valence-electron chi connectivity index (χ3n) is 4.25. The highest BCUT2D eigenvalue weighted by atomic mass is 16.5. The summed E-state index contributed by atoms with van der Waals surface area (Å²) in [5, 5.41) is 6.19. The van der Waals surface area contributed by atoms with Crippen LogP contribution in [0.2, 0.25) is 0 Å². The molecule has 3 rings (SSSR count). The van der Waals surface area contributed by atoms with Crippen molar-refractivity contribution < 1.29 is 9.53 Å². The van der Waals surface area contributed by atoms with E-state index in [-0.39, 0.29) is 5.91 Å². The van der Waals surface area contributed by atoms with E-state index in [2.05, 4.69) is 20.5 Å². The predicted molar refractivity (Wildman–Crippen MR) is 99.1 cm³/mol. The van der Waals surface area contributed by atoms with Gasteiger partial charge in [0, 0.05) is 31.7 Å². The van der Waals surface area contributed by atoms with Crippen molar-refractivity contribution in [2.24, 2.45) is 0 Å². The maximum Gasteiger partial charge on any atom is 0.255 e. The summed E-state index contributed by atoms with van der Waals surface area (Å²) >= 11 is 0. The lowest BCUT2D eigenvalue weighted by molar-refractivity contribution is 0.0398. The van der Waals surface area contributed by atoms with E-state index in [9.17, 15) is 4.79 Å². The van der Waals surface area contributed by atoms with Gasteiger partial charge in [-0.2, -0.15) is 0 Å². The summed E-state index contributed by atoms with van der Waals surface area (Å²) < 4.78 is 5.34. The number of carbonyl (C=O) groups excluding carboxylic acids is 1. The van der Waals surface area contributed by atoms with Crippen LogP contribution in [0.25, 0.3) is 0 Å². The van der Waals surface area contributed by atoms with Crippen LogP contribution in [0, 0.1) is 6.92 Å². The Morgan fingerprint density at radius 2 is 2.00 bits per heavy atom. The van der Waals surface area contributed by atoms with Crippen molar-refractivity contribution in [1.29, 1.82) is 0 Å². The molecule has 1 aromatic carbocycles. The molecule has 0 atom stereocenters. The van der Waals surface area contributed by atoms with E-state index in [1.807, 2.05) is 43.3 Å². The molecule has 1 aromatic heterocycles. The van der Waals surface area contributed by atoms with Crippen LogP contribution < -0.4 is 10.6 Å². The number of anilines is 2. The van der Waals surface area contributed by atoms with Crippen LogP contribution in [0.15, 0.2) is 42.6 Å². The fourth-order valence-electron chi connectivity index (χ4n) is 2.77. The largest absolute Gasteiger partial charge is 0.379 e. The number of carbonyl (C=O) groups is 1. The number of ether oxygens (including phenoxy) is 1. The number of hydrogen-bond donors (Lipinski definition) is 2. The van der Waals surface area contributed by atoms with Crippen molar-refractivity contribution in [3.8, 4) is 0 Å². The Balaban J connectivity index is 1.48. The second-order valence-electron chi connectivity index (χ2n) is 6.08. The topological polar surface area (TPSA) is 66.5 Å². The lowest BCUT2D eigenvalue weighted by Crippen LogP contribution is -2.39. The van der Waals surface area contributed by atoms with Crippen molar-refractivity contribution in [2.75, 3.05) is 50.0 Å². The van der Waals surface area contributed by atoms with Gasteiger partial charge in [0.2, 0.25) is 0 Å². The van der Waals surface area contributed by atoms with Crippen molar-refractivity contribution in [2.45, 2.75) is 6.92 Å². The maximum atomic E-state index is 12.3. The number of morpholine rings is 1. The molecule has 132 valence electrons. The Morgan fingerprint density at radius 1 is 1.20 bits per heavy atom. The quantitative estimate of drug-likeness (QED) is 0.845. The minimum absolute atomic E-state index is 0.118. The molecule has 2 N–H and O–H groups in total. The van der Waals surface area contributed by atoms with E-state index in [1.54, 1.807) is 6.20 Å². The number of nitrogens with zero attached hydrogens (tertiary/aromatic N) is 2. The van der Waals surface area contributed by atoms with E-state index in [0.29, 0.717) is 11.3 Å². The normalized spacial score (nSPS) is 14.9. The Morgan fingerprint density at radius 3 is 2.72 bits per heavy atom. The molecule has 2 aromatic rings. The molecule has 1 aliphatic rings. The number of aryl methyl sites for hydroxylation is 1. The molecule has 1 amide bonds. The standard InChI is InChI=1S/C19H24N4O2/c1-15-4-2-3-5-17(15)19(24)22-16-6-7-18(21-14-16)20-8-9-23-10-12-25-13-11-23/h2-7,14H,8-13H2,1H3,(H,20,21)(H,22,24). The van der Waals surface area contributed by atoms with Crippen LogP contribution >= 0.6 is 0 Å². The van der Waals surface area contributed by atoms with E-state index in [1.165, 1.54) is 0 Å². The summed E-state index contributed by atoms with van der Waals surface area (Å²) in [6, 6.07) is 11.3. The van der Waals surface area contributed by atoms with Crippen LogP contribution in [0.1, 0.15) is 15.9 Å². The monoisotopic (exact) mass is 340 g/mol. The lowest BCUT2D eigenvalue weighted by Gasteiger charge is -2.26. The molecule has 6 heteroatoms. The smallest absolute Gasteiger partial charge is 0.255 e. The molecular weight excluding hydrogens is 316 g/mol. The van der Waals surface area contributed by atoms with Gasteiger partial charge in [-0.05, 0) is 30.7 Å². The van der Waals surface area contributed by atoms with Crippen molar-refractivity contribution >= 4 is 17.4 Å². The zero-order valence-electron chi connectivity index (χ0n) is 14.5. The minimum atomic E-state index is -0.118. The number of rotatable bonds is 6. The molecule has 2 heterocycles. The summed E-state index contributed by atoms with van der Waals surface area (Å²) in [6.07, 6.45) is 1.67. The molecule has 0 bridgehead atoms. The van der Waals surface area contributed by atoms with Gasteiger partial charge in [-0.15, -0.1) is 0 Å². The zero-order valence-corrected chi connectivity index (χ0v) is 14.5. The first-order valence-corrected chi connectivity index (χ1v) is 8.59. The summed E-state index contributed by atoms with van der Waals surface area (Å²) in [4.78, 5) is 19.0. The third kappa shape index (κ3) is 5.01. The fraction of sp³-hybridized carbons (Fsp3) is 0.368. The van der Waals surface area contributed by atoms with Gasteiger partial charge < -0.3 is 15.4 Å². The number of hydrogen-bond acceptors (Lipinski definition) is 5. The highest BCUT2D eigenvalue weighted by Crippen LogP contribution is 2.13. The minimum Gasteiger partial charge on any atom is -0.379 e. The average Bonchev–Trinajstić information content (AvgIpc) is 2.64. The average molecular weight is 340 g/mol. The van der Waals surface area contributed by atoms with Crippen molar-refractivity contribution in [3.63, 3.8) is 0 Å². The van der Waals surface area contributed by atoms with Gasteiger partial charge >= 0.3 is 0 Å². The summed E-state index contributed by atoms with van der Waals surface area (Å²) in [5.74, 6) is 0.690. The first kappa shape index (κ1) is 17.4. The Kier molecular flexibility index (Phi) is 5.98. The first-order valence-electron chi connectivity index (χ1n) is 8.59. The number of pyridine rings is 1. The number of amides is 1. The molecule has 0 radical (unpaired) electrons. The molecule has 0 unspecified atom stereocenters. The van der Waals surface area contributed by atoms with Gasteiger partial charge in [-0.25, -0.2) is 4.98 Å². The van der Waals surface area contributed by atoms with Crippen LogP contribution in [-0.4, -0.2) is 55.2 Å². The van der Waals surface area contributed by atoms with Crippen LogP contribution in [0.5, 0.6) is 0 Å². The summed E-state index contributed by atoms with van der Waals surface area (Å²) in [7, 11) is 0. The predicted octanol–water partition coefficient (Wildman–Crippen LogP) is 2.39. The molecular formula is C19H24N4O2. The Labute approximate surface area is 148 Å². The van der Waals surface area contributed by atoms with Crippen LogP contribution in [-0.2, 0) is 4.74 Å². The van der Waals surface area contributed by atoms with Gasteiger partial charge in [0.05, 0.1) is 25.1 Å². The van der Waals surface area contributed by atoms with E-state index in [4.69, 9.17) is 4.74 Å². The van der Waals surface area contributed by atoms with E-state index >= 15 is 0 Å². The molecule has 1 fully saturated rings. The molecule has 25 heavy (non-hydrogen) atoms. The summed E-state index contributed by atoms with van der Waals surface area (Å²) in [6.45, 7) is 7.33. The van der Waals surface area contributed by atoms with Gasteiger partial charge in [0.15, 0.2) is 0 Å². The second-order valence-corrected chi connectivity index (χ2v) is 6.08. The maximum absolute atomic E-state index is 12.3. The highest BCUT2D eigenvalue weighted by molar-refractivity contribution is 6.05. The van der Waals surface area contributed by atoms with Gasteiger partial charge in [-0.1, -0.05) is 18.2 Å². The summed E-state index contributed by atoms with van der Waals surface area (Å²) in [5.41, 5.74) is 2.32. The van der Waals surface area contributed by atoms with Crippen molar-refractivity contribution in [1.82, 2.24) is 9.88 Å². The van der Waals surface area contributed by atoms with Gasteiger partial charge in [0.25, 0.3) is 5.91 Å². The molecule has 6 nitrogen and oxygen atoms in total. The third-order valence-corrected chi connectivity index (χ3v) is 4.25. The lowest BCUT2D eigenvalue weighted by atomic mass is 10.1. The number of benzene rings is 1. The second kappa shape index (κ2) is 8.60. The zero-order chi connectivity index (χ0) is 17.5. The SMILES string of the molecule is Cc1ccccc1C(=O)Nc1ccc(NCCN2CCOCC2)nc1. The first-order chi connectivity index (χ1) is 12.2. The van der Waals surface area contributed by atoms with E-state index in [0.717, 1.165) is 50.8 Å². The number of aromatic nitrogens is 1. The van der Waals surface area contributed by atoms with Crippen molar-refractivity contribution in [3.05, 3.63) is 53.7 Å². The highest BCUT2D eigenvalue weighted by Gasteiger charge is 2.10. The van der Waals surface area contributed by atoms with Gasteiger partial charge in [0.1, 0.15) is 5.82 Å².